The molecule has 0 aliphatic rings. The first-order valence-electron chi connectivity index (χ1n) is 5.40. The fraction of sp³-hybridized carbons (Fsp3) is 0.900. The molecule has 0 N–H and O–H groups in total. The van der Waals surface area contributed by atoms with Crippen LogP contribution in [0.25, 0.3) is 0 Å². The van der Waals surface area contributed by atoms with Crippen LogP contribution in [0.15, 0.2) is 0 Å². The molecule has 0 amide bonds. The van der Waals surface area contributed by atoms with Gasteiger partial charge in [-0.25, -0.2) is 0 Å². The van der Waals surface area contributed by atoms with Crippen LogP contribution < -0.4 is 0 Å². The van der Waals surface area contributed by atoms with Gasteiger partial charge in [-0.05, 0) is 0 Å². The van der Waals surface area contributed by atoms with Gasteiger partial charge in [-0.3, -0.25) is 0 Å². The molecule has 3 heteroatoms. The van der Waals surface area contributed by atoms with Crippen molar-refractivity contribution >= 4 is 33.9 Å². The molecule has 0 heterocycles. The summed E-state index contributed by atoms with van der Waals surface area (Å²) in [5.41, 5.74) is 0. The van der Waals surface area contributed by atoms with E-state index in [0.717, 1.165) is 34.4 Å². The fourth-order valence-electron chi connectivity index (χ4n) is 1.21. The Kier molecular flexibility index (Phi) is 9.37. The zero-order valence-electron chi connectivity index (χ0n) is 9.14. The van der Waals surface area contributed by atoms with Crippen molar-refractivity contribution in [3.63, 3.8) is 0 Å². The van der Waals surface area contributed by atoms with Crippen molar-refractivity contribution in [3.05, 3.63) is 0 Å². The molecule has 1 atom stereocenters. The Hall–Kier alpha value is 0.470. The third-order valence-electron chi connectivity index (χ3n) is 2.31. The summed E-state index contributed by atoms with van der Waals surface area (Å²) >= 11 is 0.913. The Morgan fingerprint density at radius 2 is 2.15 bits per heavy atom. The van der Waals surface area contributed by atoms with E-state index in [1.54, 1.807) is 0 Å². The quantitative estimate of drug-likeness (QED) is 0.459. The Morgan fingerprint density at radius 3 is 2.62 bits per heavy atom. The monoisotopic (exact) mass is 194 g/mol. The second-order valence-corrected chi connectivity index (χ2v) is 4.16. The molecule has 0 aliphatic carbocycles. The van der Waals surface area contributed by atoms with Crippen LogP contribution in [0.4, 0.5) is 0 Å². The molecular formula is C10H19NaO2. The second kappa shape index (κ2) is 9.04. The van der Waals surface area contributed by atoms with Gasteiger partial charge in [0.25, 0.3) is 0 Å². The molecular weight excluding hydrogens is 175 g/mol. The van der Waals surface area contributed by atoms with Crippen molar-refractivity contribution in [1.29, 1.82) is 0 Å². The van der Waals surface area contributed by atoms with Crippen molar-refractivity contribution in [2.45, 2.75) is 43.2 Å². The van der Waals surface area contributed by atoms with Gasteiger partial charge in [0.15, 0.2) is 0 Å². The van der Waals surface area contributed by atoms with E-state index in [9.17, 15) is 4.79 Å². The summed E-state index contributed by atoms with van der Waals surface area (Å²) in [7, 11) is 0. The maximum absolute atomic E-state index is 10.9. The third-order valence-corrected chi connectivity index (χ3v) is 2.89. The molecule has 0 aromatic rings. The van der Waals surface area contributed by atoms with Crippen LogP contribution in [0.3, 0.4) is 0 Å². The van der Waals surface area contributed by atoms with Gasteiger partial charge >= 0.3 is 99.2 Å². The van der Waals surface area contributed by atoms with Gasteiger partial charge in [0.05, 0.1) is 0 Å². The summed E-state index contributed by atoms with van der Waals surface area (Å²) in [5.74, 6) is 0.568. The summed E-state index contributed by atoms with van der Waals surface area (Å²) in [5, 5.41) is 0. The van der Waals surface area contributed by atoms with Crippen LogP contribution >= 0.6 is 0 Å². The summed E-state index contributed by atoms with van der Waals surface area (Å²) in [6.07, 6.45) is 4.79. The fourth-order valence-corrected chi connectivity index (χ4v) is 1.42. The van der Waals surface area contributed by atoms with Crippen LogP contribution in [0.5, 0.6) is 0 Å². The topological polar surface area (TPSA) is 26.3 Å². The Bertz CT molecular complexity index is 137. The number of hydrogen-bond donors (Lipinski definition) is 0. The van der Waals surface area contributed by atoms with Crippen LogP contribution in [-0.4, -0.2) is 40.5 Å². The summed E-state index contributed by atoms with van der Waals surface area (Å²) in [6.45, 7) is 4.99. The first-order chi connectivity index (χ1) is 6.24. The standard InChI is InChI=1S/C10H19O2.Na/c1-4-6-7-10(5-2)8-12-9(3)11;/h10H,3-8H2,1-2H3;. The first kappa shape index (κ1) is 13.5. The number of carbonyl (C=O) groups excluding carboxylic acids is 1. The Labute approximate surface area is 98.8 Å². The number of esters is 1. The van der Waals surface area contributed by atoms with Crippen LogP contribution in [0, 0.1) is 5.92 Å². The number of rotatable bonds is 7. The number of hydrogen-bond acceptors (Lipinski definition) is 2. The Balaban J connectivity index is 3.52. The number of carbonyl (C=O) groups is 1. The van der Waals surface area contributed by atoms with Crippen molar-refractivity contribution in [2.75, 3.05) is 6.61 Å². The first-order valence-corrected chi connectivity index (χ1v) is 6.81. The van der Waals surface area contributed by atoms with E-state index in [4.69, 9.17) is 4.74 Å². The van der Waals surface area contributed by atoms with Crippen molar-refractivity contribution < 1.29 is 9.53 Å². The summed E-state index contributed by atoms with van der Waals surface area (Å²) < 4.78 is 5.77. The molecule has 0 aromatic heterocycles. The van der Waals surface area contributed by atoms with Gasteiger partial charge in [-0.1, -0.05) is 0 Å². The predicted octanol–water partition coefficient (Wildman–Crippen LogP) is 2.33. The van der Waals surface area contributed by atoms with Gasteiger partial charge in [0, 0.05) is 0 Å². The molecule has 1 unspecified atom stereocenters. The minimum absolute atomic E-state index is 0.0124. The third kappa shape index (κ3) is 7.53. The molecule has 0 spiro atoms. The normalized spacial score (nSPS) is 12.6. The SMILES string of the molecule is CCCCC(CC)COC(=O)[CH2][Na]. The van der Waals surface area contributed by atoms with Gasteiger partial charge in [-0.2, -0.15) is 0 Å². The van der Waals surface area contributed by atoms with Crippen LogP contribution in [0.1, 0.15) is 39.5 Å². The van der Waals surface area contributed by atoms with E-state index in [2.05, 4.69) is 13.8 Å². The molecule has 72 valence electrons. The molecule has 0 saturated carbocycles. The van der Waals surface area contributed by atoms with Crippen molar-refractivity contribution in [2.24, 2.45) is 5.92 Å². The number of ether oxygens (including phenoxy) is 1. The van der Waals surface area contributed by atoms with E-state index in [0.29, 0.717) is 16.2 Å². The van der Waals surface area contributed by atoms with E-state index in [-0.39, 0.29) is 5.97 Å². The summed E-state index contributed by atoms with van der Waals surface area (Å²) in [6, 6.07) is 0. The zero-order valence-corrected chi connectivity index (χ0v) is 11.1. The molecule has 2 nitrogen and oxygen atoms in total. The van der Waals surface area contributed by atoms with E-state index in [1.807, 2.05) is 0 Å². The molecule has 0 aliphatic heterocycles. The molecule has 13 heavy (non-hydrogen) atoms. The Morgan fingerprint density at radius 1 is 1.46 bits per heavy atom. The van der Waals surface area contributed by atoms with Crippen molar-refractivity contribution in [3.8, 4) is 0 Å². The van der Waals surface area contributed by atoms with Gasteiger partial charge in [-0.15, -0.1) is 0 Å². The molecule has 0 saturated heterocycles. The average Bonchev–Trinajstić information content (AvgIpc) is 2.17. The minimum atomic E-state index is -0.0124. The molecule has 0 fully saturated rings. The zero-order chi connectivity index (χ0) is 10.1. The summed E-state index contributed by atoms with van der Waals surface area (Å²) in [4.78, 5) is 10.9. The van der Waals surface area contributed by atoms with Gasteiger partial charge in [0.2, 0.25) is 0 Å². The van der Waals surface area contributed by atoms with Gasteiger partial charge in [0.1, 0.15) is 0 Å². The van der Waals surface area contributed by atoms with Crippen LogP contribution in [0.2, 0.25) is 3.67 Å². The molecule has 0 radical (unpaired) electrons. The maximum atomic E-state index is 10.9. The second-order valence-electron chi connectivity index (χ2n) is 3.45. The van der Waals surface area contributed by atoms with Gasteiger partial charge < -0.3 is 0 Å². The van der Waals surface area contributed by atoms with E-state index >= 15 is 0 Å². The van der Waals surface area contributed by atoms with E-state index in [1.165, 1.54) is 19.3 Å². The average molecular weight is 194 g/mol. The molecule has 0 bridgehead atoms. The number of unbranched alkanes of at least 4 members (excludes halogenated alkanes) is 1. The molecule has 0 aromatic carbocycles. The van der Waals surface area contributed by atoms with E-state index < -0.39 is 0 Å². The van der Waals surface area contributed by atoms with Crippen molar-refractivity contribution in [1.82, 2.24) is 0 Å². The van der Waals surface area contributed by atoms with Crippen LogP contribution in [-0.2, 0) is 9.53 Å². The molecule has 0 rings (SSSR count). The predicted molar refractivity (Wildman–Crippen MR) is 54.8 cm³/mol.